The third-order valence-electron chi connectivity index (χ3n) is 3.97. The lowest BCUT2D eigenvalue weighted by Gasteiger charge is -2.24. The van der Waals surface area contributed by atoms with E-state index in [9.17, 15) is 9.18 Å². The van der Waals surface area contributed by atoms with E-state index in [2.05, 4.69) is 10.2 Å². The van der Waals surface area contributed by atoms with Gasteiger partial charge in [0.05, 0.1) is 10.7 Å². The van der Waals surface area contributed by atoms with Gasteiger partial charge in [-0.25, -0.2) is 9.18 Å². The van der Waals surface area contributed by atoms with E-state index in [1.165, 1.54) is 43.9 Å². The lowest BCUT2D eigenvalue weighted by molar-refractivity contribution is 0.207. The number of benzene rings is 1. The quantitative estimate of drug-likeness (QED) is 0.912. The Morgan fingerprint density at radius 1 is 1.32 bits per heavy atom. The number of nitrogens with one attached hydrogen (secondary N) is 1. The number of hydrogen-bond acceptors (Lipinski definition) is 2. The Morgan fingerprint density at radius 3 is 2.64 bits per heavy atom. The second-order valence-corrected chi connectivity index (χ2v) is 6.14. The Kier molecular flexibility index (Phi) is 6.46. The smallest absolute Gasteiger partial charge is 0.321 e. The number of halogens is 2. The van der Waals surface area contributed by atoms with Crippen molar-refractivity contribution in [3.05, 3.63) is 29.0 Å². The van der Waals surface area contributed by atoms with Crippen LogP contribution in [0.1, 0.15) is 25.7 Å². The van der Waals surface area contributed by atoms with Crippen molar-refractivity contribution >= 4 is 23.3 Å². The maximum absolute atomic E-state index is 13.0. The Bertz CT molecular complexity index is 504. The molecule has 1 fully saturated rings. The number of rotatable bonds is 4. The van der Waals surface area contributed by atoms with Crippen LogP contribution in [0.3, 0.4) is 0 Å². The Hall–Kier alpha value is -1.33. The molecule has 6 heteroatoms. The monoisotopic (exact) mass is 327 g/mol. The fourth-order valence-corrected chi connectivity index (χ4v) is 2.77. The Morgan fingerprint density at radius 2 is 2.00 bits per heavy atom. The van der Waals surface area contributed by atoms with E-state index in [-0.39, 0.29) is 11.1 Å². The molecular formula is C16H23ClFN3O. The van der Waals surface area contributed by atoms with E-state index < -0.39 is 5.82 Å². The van der Waals surface area contributed by atoms with Crippen LogP contribution in [0.25, 0.3) is 0 Å². The molecule has 0 unspecified atom stereocenters. The van der Waals surface area contributed by atoms with Crippen LogP contribution in [0.15, 0.2) is 18.2 Å². The van der Waals surface area contributed by atoms with Gasteiger partial charge in [-0.15, -0.1) is 0 Å². The normalized spacial score (nSPS) is 16.1. The van der Waals surface area contributed by atoms with Crippen LogP contribution in [0.4, 0.5) is 14.9 Å². The average Bonchev–Trinajstić information content (AvgIpc) is 2.76. The lowest BCUT2D eigenvalue weighted by Crippen LogP contribution is -2.38. The fourth-order valence-electron chi connectivity index (χ4n) is 2.55. The van der Waals surface area contributed by atoms with Gasteiger partial charge in [0.15, 0.2) is 0 Å². The first kappa shape index (κ1) is 17.0. The Balaban J connectivity index is 1.81. The molecule has 0 spiro atoms. The number of carbonyl (C=O) groups excluding carboxylic acids is 1. The van der Waals surface area contributed by atoms with Gasteiger partial charge in [-0.2, -0.15) is 0 Å². The van der Waals surface area contributed by atoms with Crippen molar-refractivity contribution in [3.8, 4) is 0 Å². The summed E-state index contributed by atoms with van der Waals surface area (Å²) in [5.41, 5.74) is 0.426. The highest BCUT2D eigenvalue weighted by Crippen LogP contribution is 2.22. The van der Waals surface area contributed by atoms with Crippen LogP contribution < -0.4 is 5.32 Å². The van der Waals surface area contributed by atoms with E-state index in [4.69, 9.17) is 11.6 Å². The lowest BCUT2D eigenvalue weighted by atomic mass is 10.2. The summed E-state index contributed by atoms with van der Waals surface area (Å²) in [5.74, 6) is -0.419. The topological polar surface area (TPSA) is 35.6 Å². The molecular weight excluding hydrogens is 305 g/mol. The number of likely N-dealkylation sites (N-methyl/N-ethyl adjacent to an activating group) is 1. The zero-order valence-electron chi connectivity index (χ0n) is 12.9. The minimum absolute atomic E-state index is 0.203. The van der Waals surface area contributed by atoms with Crippen molar-refractivity contribution in [2.45, 2.75) is 25.7 Å². The molecule has 4 nitrogen and oxygen atoms in total. The highest BCUT2D eigenvalue weighted by molar-refractivity contribution is 6.33. The molecule has 1 saturated heterocycles. The summed E-state index contributed by atoms with van der Waals surface area (Å²) in [4.78, 5) is 16.2. The van der Waals surface area contributed by atoms with Crippen molar-refractivity contribution in [3.63, 3.8) is 0 Å². The summed E-state index contributed by atoms with van der Waals surface area (Å²) in [7, 11) is 1.75. The molecule has 2 rings (SSSR count). The first-order valence-corrected chi connectivity index (χ1v) is 8.13. The number of anilines is 1. The molecule has 0 atom stereocenters. The molecule has 1 N–H and O–H groups in total. The highest BCUT2D eigenvalue weighted by Gasteiger charge is 2.14. The van der Waals surface area contributed by atoms with Crippen LogP contribution in [0.2, 0.25) is 5.02 Å². The summed E-state index contributed by atoms with van der Waals surface area (Å²) < 4.78 is 13.0. The predicted molar refractivity (Wildman–Crippen MR) is 88.0 cm³/mol. The molecule has 0 saturated carbocycles. The molecule has 1 aliphatic heterocycles. The minimum atomic E-state index is -0.419. The van der Waals surface area contributed by atoms with Gasteiger partial charge in [0, 0.05) is 20.1 Å². The highest BCUT2D eigenvalue weighted by atomic mass is 35.5. The molecule has 0 radical (unpaired) electrons. The van der Waals surface area contributed by atoms with Crippen molar-refractivity contribution in [2.24, 2.45) is 0 Å². The third kappa shape index (κ3) is 5.14. The molecule has 0 bridgehead atoms. The zero-order chi connectivity index (χ0) is 15.9. The maximum atomic E-state index is 13.0. The van der Waals surface area contributed by atoms with Crippen molar-refractivity contribution in [1.82, 2.24) is 9.80 Å². The number of likely N-dealkylation sites (tertiary alicyclic amines) is 1. The van der Waals surface area contributed by atoms with Crippen LogP contribution in [-0.4, -0.2) is 49.1 Å². The summed E-state index contributed by atoms with van der Waals surface area (Å²) in [6, 6.07) is 3.70. The maximum Gasteiger partial charge on any atom is 0.321 e. The third-order valence-corrected chi connectivity index (χ3v) is 4.28. The van der Waals surface area contributed by atoms with Gasteiger partial charge in [0.25, 0.3) is 0 Å². The number of nitrogens with zero attached hydrogens (tertiary/aromatic N) is 2. The second kappa shape index (κ2) is 8.34. The molecule has 122 valence electrons. The molecule has 1 aliphatic rings. The number of amides is 2. The van der Waals surface area contributed by atoms with Crippen molar-refractivity contribution in [1.29, 1.82) is 0 Å². The van der Waals surface area contributed by atoms with E-state index in [1.807, 2.05) is 0 Å². The van der Waals surface area contributed by atoms with E-state index >= 15 is 0 Å². The van der Waals surface area contributed by atoms with Crippen LogP contribution in [-0.2, 0) is 0 Å². The summed E-state index contributed by atoms with van der Waals surface area (Å²) in [6.45, 7) is 3.75. The summed E-state index contributed by atoms with van der Waals surface area (Å²) in [6.07, 6.45) is 5.08. The number of carbonyl (C=O) groups is 1. The van der Waals surface area contributed by atoms with Crippen molar-refractivity contribution < 1.29 is 9.18 Å². The molecule has 2 amide bonds. The van der Waals surface area contributed by atoms with Gasteiger partial charge in [0.1, 0.15) is 5.82 Å². The molecule has 1 heterocycles. The zero-order valence-corrected chi connectivity index (χ0v) is 13.7. The largest absolute Gasteiger partial charge is 0.326 e. The van der Waals surface area contributed by atoms with Gasteiger partial charge in [-0.05, 0) is 44.1 Å². The van der Waals surface area contributed by atoms with Crippen LogP contribution in [0, 0.1) is 5.82 Å². The van der Waals surface area contributed by atoms with Gasteiger partial charge in [-0.1, -0.05) is 24.4 Å². The summed E-state index contributed by atoms with van der Waals surface area (Å²) >= 11 is 5.91. The fraction of sp³-hybridized carbons (Fsp3) is 0.562. The SMILES string of the molecule is CN(CCN1CCCCCC1)C(=O)Nc1ccc(F)cc1Cl. The second-order valence-electron chi connectivity index (χ2n) is 5.73. The van der Waals surface area contributed by atoms with E-state index in [0.29, 0.717) is 12.2 Å². The van der Waals surface area contributed by atoms with E-state index in [1.54, 1.807) is 11.9 Å². The Labute approximate surface area is 136 Å². The number of urea groups is 1. The van der Waals surface area contributed by atoms with Crippen molar-refractivity contribution in [2.75, 3.05) is 38.5 Å². The first-order valence-electron chi connectivity index (χ1n) is 7.76. The van der Waals surface area contributed by atoms with Crippen LogP contribution in [0.5, 0.6) is 0 Å². The summed E-state index contributed by atoms with van der Waals surface area (Å²) in [5, 5.41) is 2.91. The molecule has 1 aromatic carbocycles. The molecule has 0 aliphatic carbocycles. The molecule has 0 aromatic heterocycles. The van der Waals surface area contributed by atoms with Gasteiger partial charge >= 0.3 is 6.03 Å². The first-order chi connectivity index (χ1) is 10.6. The van der Waals surface area contributed by atoms with Crippen LogP contribution >= 0.6 is 11.6 Å². The predicted octanol–water partition coefficient (Wildman–Crippen LogP) is 3.82. The van der Waals surface area contributed by atoms with Gasteiger partial charge in [0.2, 0.25) is 0 Å². The molecule has 22 heavy (non-hydrogen) atoms. The average molecular weight is 328 g/mol. The van der Waals surface area contributed by atoms with E-state index in [0.717, 1.165) is 19.6 Å². The number of hydrogen-bond donors (Lipinski definition) is 1. The van der Waals surface area contributed by atoms with Gasteiger partial charge in [-0.3, -0.25) is 0 Å². The standard InChI is InChI=1S/C16H23ClFN3O/c1-20(10-11-21-8-4-2-3-5-9-21)16(22)19-15-7-6-13(18)12-14(15)17/h6-7,12H,2-5,8-11H2,1H3,(H,19,22). The van der Waals surface area contributed by atoms with Gasteiger partial charge < -0.3 is 15.1 Å². The minimum Gasteiger partial charge on any atom is -0.326 e. The molecule has 1 aromatic rings.